The Kier molecular flexibility index (Phi) is 13.7. The third kappa shape index (κ3) is 12.4. The molecule has 0 fully saturated rings. The van der Waals surface area contributed by atoms with Gasteiger partial charge in [-0.3, -0.25) is 18.1 Å². The molecule has 4 atom stereocenters. The SMILES string of the molecule is C/C=C/C(O)OP(=O)(OC(O)/C=C/C)OP(=O)(OC(O)/C=C/C)OC(O)/C=C/C. The Bertz CT molecular complexity index is 570. The highest BCUT2D eigenvalue weighted by Crippen LogP contribution is 2.67. The topological polar surface area (TPSA) is 161 Å². The molecular formula is C16H28O11P2. The molecule has 168 valence electrons. The van der Waals surface area contributed by atoms with Crippen molar-refractivity contribution in [3.05, 3.63) is 48.6 Å². The molecule has 13 heteroatoms. The summed E-state index contributed by atoms with van der Waals surface area (Å²) in [7, 11) is -10.1. The van der Waals surface area contributed by atoms with E-state index in [1.54, 1.807) is 0 Å². The maximum Gasteiger partial charge on any atom is 0.488 e. The first-order valence-corrected chi connectivity index (χ1v) is 11.3. The normalized spacial score (nSPS) is 21.5. The molecule has 0 bridgehead atoms. The van der Waals surface area contributed by atoms with Gasteiger partial charge in [0.1, 0.15) is 0 Å². The number of aliphatic hydroxyl groups is 4. The van der Waals surface area contributed by atoms with Crippen LogP contribution in [-0.4, -0.2) is 45.6 Å². The lowest BCUT2D eigenvalue weighted by Crippen LogP contribution is -2.18. The van der Waals surface area contributed by atoms with Crippen molar-refractivity contribution in [1.82, 2.24) is 0 Å². The van der Waals surface area contributed by atoms with Gasteiger partial charge in [0.15, 0.2) is 25.2 Å². The number of phosphoric ester groups is 2. The lowest BCUT2D eigenvalue weighted by molar-refractivity contribution is -0.0658. The van der Waals surface area contributed by atoms with E-state index in [4.69, 9.17) is 22.4 Å². The first-order chi connectivity index (χ1) is 13.5. The van der Waals surface area contributed by atoms with Gasteiger partial charge < -0.3 is 20.4 Å². The second-order valence-corrected chi connectivity index (χ2v) is 8.35. The average molecular weight is 458 g/mol. The summed E-state index contributed by atoms with van der Waals surface area (Å²) < 4.78 is 49.4. The number of hydrogen-bond donors (Lipinski definition) is 4. The molecule has 0 aliphatic heterocycles. The van der Waals surface area contributed by atoms with E-state index in [9.17, 15) is 29.6 Å². The number of phosphoric acid groups is 2. The highest BCUT2D eigenvalue weighted by Gasteiger charge is 2.45. The van der Waals surface area contributed by atoms with Gasteiger partial charge in [0.05, 0.1) is 0 Å². The summed E-state index contributed by atoms with van der Waals surface area (Å²) in [5, 5.41) is 38.9. The van der Waals surface area contributed by atoms with Gasteiger partial charge in [-0.1, -0.05) is 24.3 Å². The Morgan fingerprint density at radius 2 is 0.759 bits per heavy atom. The van der Waals surface area contributed by atoms with Crippen LogP contribution in [0.5, 0.6) is 0 Å². The van der Waals surface area contributed by atoms with E-state index in [1.165, 1.54) is 52.0 Å². The lowest BCUT2D eigenvalue weighted by atomic mass is 10.5. The summed E-state index contributed by atoms with van der Waals surface area (Å²) in [6, 6.07) is 0. The molecule has 0 amide bonds. The van der Waals surface area contributed by atoms with Gasteiger partial charge in [-0.15, -0.1) is 0 Å². The fourth-order valence-electron chi connectivity index (χ4n) is 1.58. The minimum Gasteiger partial charge on any atom is -0.364 e. The van der Waals surface area contributed by atoms with Gasteiger partial charge in [-0.05, 0) is 52.0 Å². The van der Waals surface area contributed by atoms with E-state index in [-0.39, 0.29) is 0 Å². The molecule has 0 saturated carbocycles. The maximum absolute atomic E-state index is 12.9. The van der Waals surface area contributed by atoms with Crippen molar-refractivity contribution in [1.29, 1.82) is 0 Å². The van der Waals surface area contributed by atoms with Gasteiger partial charge in [0.25, 0.3) is 0 Å². The van der Waals surface area contributed by atoms with Crippen LogP contribution in [0.25, 0.3) is 0 Å². The Labute approximate surface area is 169 Å². The number of aliphatic hydroxyl groups excluding tert-OH is 4. The van der Waals surface area contributed by atoms with E-state index in [1.807, 2.05) is 0 Å². The van der Waals surface area contributed by atoms with Crippen molar-refractivity contribution in [2.24, 2.45) is 0 Å². The van der Waals surface area contributed by atoms with Crippen LogP contribution in [0.15, 0.2) is 48.6 Å². The quantitative estimate of drug-likeness (QED) is 0.172. The van der Waals surface area contributed by atoms with Crippen molar-refractivity contribution in [3.63, 3.8) is 0 Å². The van der Waals surface area contributed by atoms with E-state index in [2.05, 4.69) is 0 Å². The van der Waals surface area contributed by atoms with E-state index in [0.717, 1.165) is 24.3 Å². The largest absolute Gasteiger partial charge is 0.488 e. The summed E-state index contributed by atoms with van der Waals surface area (Å²) in [5.41, 5.74) is 0. The van der Waals surface area contributed by atoms with Crippen LogP contribution >= 0.6 is 15.6 Å². The Morgan fingerprint density at radius 1 is 0.552 bits per heavy atom. The van der Waals surface area contributed by atoms with E-state index < -0.39 is 40.8 Å². The molecule has 0 aliphatic rings. The van der Waals surface area contributed by atoms with Crippen molar-refractivity contribution in [2.75, 3.05) is 0 Å². The highest BCUT2D eigenvalue weighted by molar-refractivity contribution is 7.62. The van der Waals surface area contributed by atoms with Crippen molar-refractivity contribution in [3.8, 4) is 0 Å². The average Bonchev–Trinajstić information content (AvgIpc) is 2.53. The number of rotatable bonds is 14. The van der Waals surface area contributed by atoms with Crippen LogP contribution in [0.1, 0.15) is 27.7 Å². The zero-order valence-corrected chi connectivity index (χ0v) is 18.3. The zero-order valence-electron chi connectivity index (χ0n) is 16.5. The molecule has 0 saturated heterocycles. The third-order valence-electron chi connectivity index (χ3n) is 2.58. The summed E-state index contributed by atoms with van der Waals surface area (Å²) in [6.45, 7) is 6.08. The zero-order chi connectivity index (χ0) is 22.5. The Balaban J connectivity index is 5.90. The number of hydrogen-bond acceptors (Lipinski definition) is 11. The van der Waals surface area contributed by atoms with Gasteiger partial charge in [0.2, 0.25) is 0 Å². The van der Waals surface area contributed by atoms with Crippen LogP contribution in [0.2, 0.25) is 0 Å². The molecule has 0 spiro atoms. The summed E-state index contributed by atoms with van der Waals surface area (Å²) in [4.78, 5) is 0. The van der Waals surface area contributed by atoms with Crippen molar-refractivity contribution in [2.45, 2.75) is 52.9 Å². The Morgan fingerprint density at radius 3 is 0.931 bits per heavy atom. The molecule has 0 aromatic rings. The van der Waals surface area contributed by atoms with Gasteiger partial charge in [0, 0.05) is 0 Å². The standard InChI is InChI=1S/C16H28O11P2/c1-5-9-13(17)23-28(21,24-14(18)10-6-2)27-29(22,25-15(19)11-7-3)26-16(20)12-8-4/h5-20H,1-4H3/b9-5+,10-6+,11-7+,12-8+. The van der Waals surface area contributed by atoms with Gasteiger partial charge in [-0.25, -0.2) is 9.13 Å². The highest BCUT2D eigenvalue weighted by atomic mass is 31.3. The smallest absolute Gasteiger partial charge is 0.364 e. The fraction of sp³-hybridized carbons (Fsp3) is 0.500. The van der Waals surface area contributed by atoms with Crippen LogP contribution in [0.3, 0.4) is 0 Å². The van der Waals surface area contributed by atoms with Crippen LogP contribution in [0.4, 0.5) is 0 Å². The molecule has 11 nitrogen and oxygen atoms in total. The van der Waals surface area contributed by atoms with Crippen molar-refractivity contribution >= 4 is 15.6 Å². The van der Waals surface area contributed by atoms with Crippen LogP contribution < -0.4 is 0 Å². The van der Waals surface area contributed by atoms with Gasteiger partial charge in [-0.2, -0.15) is 4.31 Å². The summed E-state index contributed by atoms with van der Waals surface area (Å²) in [5.74, 6) is 0. The molecule has 0 rings (SSSR count). The fourth-order valence-corrected chi connectivity index (χ4v) is 4.61. The van der Waals surface area contributed by atoms with Crippen LogP contribution in [0, 0.1) is 0 Å². The molecular weight excluding hydrogens is 430 g/mol. The van der Waals surface area contributed by atoms with Gasteiger partial charge >= 0.3 is 15.6 Å². The summed E-state index contributed by atoms with van der Waals surface area (Å²) >= 11 is 0. The molecule has 0 heterocycles. The first kappa shape index (κ1) is 28.1. The predicted molar refractivity (Wildman–Crippen MR) is 104 cm³/mol. The predicted octanol–water partition coefficient (Wildman–Crippen LogP) is 2.86. The third-order valence-corrected chi connectivity index (χ3v) is 6.07. The van der Waals surface area contributed by atoms with Crippen LogP contribution in [-0.2, 0) is 31.5 Å². The molecule has 29 heavy (non-hydrogen) atoms. The molecule has 4 unspecified atom stereocenters. The summed E-state index contributed by atoms with van der Waals surface area (Å²) in [6.07, 6.45) is 2.13. The minimum atomic E-state index is -5.05. The molecule has 0 aromatic heterocycles. The van der Waals surface area contributed by atoms with E-state index in [0.29, 0.717) is 0 Å². The molecule has 0 aromatic carbocycles. The first-order valence-electron chi connectivity index (χ1n) is 8.41. The Hall–Kier alpha value is -0.940. The second-order valence-electron chi connectivity index (χ2n) is 5.06. The molecule has 0 aliphatic carbocycles. The molecule has 4 N–H and O–H groups in total. The number of allylic oxidation sites excluding steroid dienone is 4. The monoisotopic (exact) mass is 458 g/mol. The van der Waals surface area contributed by atoms with E-state index >= 15 is 0 Å². The maximum atomic E-state index is 12.9. The second kappa shape index (κ2) is 14.1. The minimum absolute atomic E-state index is 1.04. The lowest BCUT2D eigenvalue weighted by Gasteiger charge is -2.26. The van der Waals surface area contributed by atoms with Crippen molar-refractivity contribution < 1.29 is 52.0 Å². The molecule has 0 radical (unpaired) electrons.